The van der Waals surface area contributed by atoms with Crippen LogP contribution in [0.5, 0.6) is 0 Å². The van der Waals surface area contributed by atoms with Crippen molar-refractivity contribution in [3.8, 4) is 0 Å². The first-order valence-corrected chi connectivity index (χ1v) is 7.37. The summed E-state index contributed by atoms with van der Waals surface area (Å²) in [7, 11) is 0. The van der Waals surface area contributed by atoms with E-state index in [4.69, 9.17) is 28.4 Å². The SMILES string of the molecule is C=CCO[C@H]1[C@H]2OC(C)(C)O[C@H]2O[C@@H]1[C@H]1COC(C)(C)O1. The fourth-order valence-electron chi connectivity index (χ4n) is 3.05. The van der Waals surface area contributed by atoms with Gasteiger partial charge < -0.3 is 28.4 Å². The Kier molecular flexibility index (Phi) is 3.88. The van der Waals surface area contributed by atoms with E-state index in [1.807, 2.05) is 27.7 Å². The molecular weight excluding hydrogens is 276 g/mol. The molecule has 0 spiro atoms. The molecule has 0 N–H and O–H groups in total. The van der Waals surface area contributed by atoms with Crippen molar-refractivity contribution in [3.05, 3.63) is 12.7 Å². The Hall–Kier alpha value is -0.500. The molecule has 0 radical (unpaired) electrons. The third-order valence-electron chi connectivity index (χ3n) is 3.83. The quantitative estimate of drug-likeness (QED) is 0.735. The summed E-state index contributed by atoms with van der Waals surface area (Å²) in [5.41, 5.74) is 0. The summed E-state index contributed by atoms with van der Waals surface area (Å²) in [6.07, 6.45) is 0.261. The fourth-order valence-corrected chi connectivity index (χ4v) is 3.05. The summed E-state index contributed by atoms with van der Waals surface area (Å²) < 4.78 is 35.1. The second kappa shape index (κ2) is 5.30. The van der Waals surface area contributed by atoms with Crippen LogP contribution in [0.4, 0.5) is 0 Å². The Balaban J connectivity index is 1.73. The lowest BCUT2D eigenvalue weighted by molar-refractivity contribution is -0.235. The summed E-state index contributed by atoms with van der Waals surface area (Å²) in [6, 6.07) is 0. The van der Waals surface area contributed by atoms with Gasteiger partial charge in [-0.1, -0.05) is 6.08 Å². The van der Waals surface area contributed by atoms with Crippen LogP contribution in [0.1, 0.15) is 27.7 Å². The van der Waals surface area contributed by atoms with E-state index < -0.39 is 17.9 Å². The van der Waals surface area contributed by atoms with E-state index in [0.717, 1.165) is 0 Å². The van der Waals surface area contributed by atoms with Gasteiger partial charge >= 0.3 is 0 Å². The highest BCUT2D eigenvalue weighted by atomic mass is 16.8. The lowest BCUT2D eigenvalue weighted by Gasteiger charge is -2.28. The van der Waals surface area contributed by atoms with Crippen LogP contribution in [0.3, 0.4) is 0 Å². The van der Waals surface area contributed by atoms with Crippen LogP contribution in [0.25, 0.3) is 0 Å². The molecule has 0 amide bonds. The first-order valence-electron chi connectivity index (χ1n) is 7.37. The van der Waals surface area contributed by atoms with Gasteiger partial charge in [0.15, 0.2) is 17.9 Å². The number of rotatable bonds is 4. The third kappa shape index (κ3) is 3.02. The monoisotopic (exact) mass is 300 g/mol. The molecule has 3 heterocycles. The van der Waals surface area contributed by atoms with Gasteiger partial charge in [0.1, 0.15) is 24.4 Å². The maximum atomic E-state index is 6.00. The highest BCUT2D eigenvalue weighted by Crippen LogP contribution is 2.41. The molecule has 0 aromatic rings. The minimum atomic E-state index is -0.664. The summed E-state index contributed by atoms with van der Waals surface area (Å²) >= 11 is 0. The third-order valence-corrected chi connectivity index (χ3v) is 3.83. The fraction of sp³-hybridized carbons (Fsp3) is 0.867. The van der Waals surface area contributed by atoms with Crippen molar-refractivity contribution >= 4 is 0 Å². The van der Waals surface area contributed by atoms with Crippen molar-refractivity contribution in [2.75, 3.05) is 13.2 Å². The van der Waals surface area contributed by atoms with Crippen LogP contribution < -0.4 is 0 Å². The van der Waals surface area contributed by atoms with Gasteiger partial charge in [-0.15, -0.1) is 6.58 Å². The summed E-state index contributed by atoms with van der Waals surface area (Å²) in [5.74, 6) is -1.27. The van der Waals surface area contributed by atoms with Crippen LogP contribution in [0.15, 0.2) is 12.7 Å². The van der Waals surface area contributed by atoms with Crippen molar-refractivity contribution in [1.29, 1.82) is 0 Å². The second-order valence-corrected chi connectivity index (χ2v) is 6.52. The first kappa shape index (κ1) is 15.4. The van der Waals surface area contributed by atoms with E-state index in [2.05, 4.69) is 6.58 Å². The zero-order chi connectivity index (χ0) is 15.3. The van der Waals surface area contributed by atoms with Crippen molar-refractivity contribution in [2.24, 2.45) is 0 Å². The molecule has 3 rings (SSSR count). The molecule has 21 heavy (non-hydrogen) atoms. The normalized spacial score (nSPS) is 43.9. The first-order chi connectivity index (χ1) is 9.81. The molecule has 0 unspecified atom stereocenters. The number of hydrogen-bond donors (Lipinski definition) is 0. The lowest BCUT2D eigenvalue weighted by atomic mass is 10.1. The average molecular weight is 300 g/mol. The standard InChI is InChI=1S/C15H24O6/c1-6-7-16-11-10(9-8-17-14(2,3)19-9)18-13-12(11)20-15(4,5)21-13/h6,9-13H,1,7-8H2,2-5H3/t9-,10-,11-,12-,13-/m1/s1. The van der Waals surface area contributed by atoms with Crippen LogP contribution in [0.2, 0.25) is 0 Å². The highest BCUT2D eigenvalue weighted by molar-refractivity contribution is 4.99. The molecule has 5 atom stereocenters. The van der Waals surface area contributed by atoms with Gasteiger partial charge in [-0.25, -0.2) is 0 Å². The molecule has 120 valence electrons. The number of ether oxygens (including phenoxy) is 6. The van der Waals surface area contributed by atoms with Crippen molar-refractivity contribution in [1.82, 2.24) is 0 Å². The lowest BCUT2D eigenvalue weighted by Crippen LogP contribution is -2.44. The Labute approximate surface area is 125 Å². The zero-order valence-corrected chi connectivity index (χ0v) is 13.0. The molecule has 0 aliphatic carbocycles. The molecule has 0 bridgehead atoms. The molecule has 6 nitrogen and oxygen atoms in total. The van der Waals surface area contributed by atoms with Gasteiger partial charge in [-0.2, -0.15) is 0 Å². The van der Waals surface area contributed by atoms with Gasteiger partial charge in [0.25, 0.3) is 0 Å². The van der Waals surface area contributed by atoms with Crippen LogP contribution >= 0.6 is 0 Å². The van der Waals surface area contributed by atoms with Gasteiger partial charge in [-0.3, -0.25) is 0 Å². The van der Waals surface area contributed by atoms with E-state index in [-0.39, 0.29) is 24.4 Å². The van der Waals surface area contributed by atoms with E-state index >= 15 is 0 Å². The number of hydrogen-bond acceptors (Lipinski definition) is 6. The Morgan fingerprint density at radius 1 is 1.10 bits per heavy atom. The van der Waals surface area contributed by atoms with Crippen molar-refractivity contribution in [3.63, 3.8) is 0 Å². The maximum Gasteiger partial charge on any atom is 0.190 e. The van der Waals surface area contributed by atoms with E-state index in [1.165, 1.54) is 0 Å². The summed E-state index contributed by atoms with van der Waals surface area (Å²) in [5, 5.41) is 0. The highest BCUT2D eigenvalue weighted by Gasteiger charge is 2.58. The van der Waals surface area contributed by atoms with Crippen LogP contribution in [-0.2, 0) is 28.4 Å². The largest absolute Gasteiger partial charge is 0.368 e. The zero-order valence-electron chi connectivity index (χ0n) is 13.0. The van der Waals surface area contributed by atoms with Gasteiger partial charge in [-0.05, 0) is 27.7 Å². The smallest absolute Gasteiger partial charge is 0.190 e. The molecule has 6 heteroatoms. The molecule has 3 saturated heterocycles. The Bertz CT molecular complexity index is 407. The Morgan fingerprint density at radius 2 is 1.86 bits per heavy atom. The topological polar surface area (TPSA) is 55.4 Å². The molecule has 0 aromatic carbocycles. The van der Waals surface area contributed by atoms with Crippen LogP contribution in [0, 0.1) is 0 Å². The molecule has 0 saturated carbocycles. The van der Waals surface area contributed by atoms with Crippen molar-refractivity contribution in [2.45, 2.75) is 70.0 Å². The number of fused-ring (bicyclic) bond motifs is 1. The summed E-state index contributed by atoms with van der Waals surface area (Å²) in [6.45, 7) is 12.1. The molecule has 3 aliphatic heterocycles. The van der Waals surface area contributed by atoms with Crippen molar-refractivity contribution < 1.29 is 28.4 Å². The summed E-state index contributed by atoms with van der Waals surface area (Å²) in [4.78, 5) is 0. The minimum Gasteiger partial charge on any atom is -0.368 e. The van der Waals surface area contributed by atoms with E-state index in [0.29, 0.717) is 13.2 Å². The minimum absolute atomic E-state index is 0.198. The molecule has 3 aliphatic rings. The molecule has 0 aromatic heterocycles. The van der Waals surface area contributed by atoms with Gasteiger partial charge in [0.05, 0.1) is 13.2 Å². The molecule has 3 fully saturated rings. The second-order valence-electron chi connectivity index (χ2n) is 6.52. The van der Waals surface area contributed by atoms with Crippen LogP contribution in [-0.4, -0.2) is 55.5 Å². The predicted molar refractivity (Wildman–Crippen MR) is 73.5 cm³/mol. The maximum absolute atomic E-state index is 6.00. The molecular formula is C15H24O6. The average Bonchev–Trinajstić information content (AvgIpc) is 2.96. The van der Waals surface area contributed by atoms with E-state index in [1.54, 1.807) is 6.08 Å². The van der Waals surface area contributed by atoms with Gasteiger partial charge in [0, 0.05) is 0 Å². The van der Waals surface area contributed by atoms with Gasteiger partial charge in [0.2, 0.25) is 0 Å². The van der Waals surface area contributed by atoms with E-state index in [9.17, 15) is 0 Å². The predicted octanol–water partition coefficient (Wildman–Crippen LogP) is 1.59. The Morgan fingerprint density at radius 3 is 2.48 bits per heavy atom.